The zero-order valence-electron chi connectivity index (χ0n) is 14.0. The summed E-state index contributed by atoms with van der Waals surface area (Å²) in [5, 5.41) is 28.3. The van der Waals surface area contributed by atoms with E-state index < -0.39 is 16.1 Å². The van der Waals surface area contributed by atoms with Crippen LogP contribution in [0.1, 0.15) is 32.1 Å². The van der Waals surface area contributed by atoms with Gasteiger partial charge in [-0.05, 0) is 25.0 Å². The lowest BCUT2D eigenvalue weighted by Gasteiger charge is -2.32. The minimum atomic E-state index is -0.797. The molecule has 9 heteroatoms. The van der Waals surface area contributed by atoms with Crippen LogP contribution in [-0.2, 0) is 0 Å². The summed E-state index contributed by atoms with van der Waals surface area (Å²) in [7, 11) is 0. The highest BCUT2D eigenvalue weighted by atomic mass is 35.5. The van der Waals surface area contributed by atoms with Crippen LogP contribution >= 0.6 is 11.6 Å². The Labute approximate surface area is 154 Å². The molecule has 0 unspecified atom stereocenters. The lowest BCUT2D eigenvalue weighted by atomic mass is 9.85. The summed E-state index contributed by atoms with van der Waals surface area (Å²) < 4.78 is 1.08. The van der Waals surface area contributed by atoms with Crippen molar-refractivity contribution in [1.29, 1.82) is 0 Å². The van der Waals surface area contributed by atoms with Gasteiger partial charge < -0.3 is 10.4 Å². The normalized spacial score (nSPS) is 16.2. The van der Waals surface area contributed by atoms with E-state index in [0.717, 1.165) is 23.9 Å². The van der Waals surface area contributed by atoms with E-state index in [1.807, 2.05) is 0 Å². The van der Waals surface area contributed by atoms with Crippen molar-refractivity contribution >= 4 is 23.0 Å². The van der Waals surface area contributed by atoms with Gasteiger partial charge in [0.05, 0.1) is 28.1 Å². The summed E-state index contributed by atoms with van der Waals surface area (Å²) in [6.45, 7) is 0.301. The summed E-state index contributed by atoms with van der Waals surface area (Å²) in [5.74, 6) is 0. The van der Waals surface area contributed by atoms with E-state index in [9.17, 15) is 20.0 Å². The third-order valence-corrected chi connectivity index (χ3v) is 4.98. The first-order valence-corrected chi connectivity index (χ1v) is 8.76. The van der Waals surface area contributed by atoms with E-state index in [2.05, 4.69) is 10.4 Å². The van der Waals surface area contributed by atoms with Gasteiger partial charge in [-0.25, -0.2) is 0 Å². The summed E-state index contributed by atoms with van der Waals surface area (Å²) in [6.07, 6.45) is 5.92. The second kappa shape index (κ2) is 7.43. The van der Waals surface area contributed by atoms with Crippen molar-refractivity contribution in [2.24, 2.45) is 0 Å². The predicted octanol–water partition coefficient (Wildman–Crippen LogP) is 2.90. The highest BCUT2D eigenvalue weighted by molar-refractivity contribution is 6.32. The molecule has 1 aromatic heterocycles. The average Bonchev–Trinajstić information content (AvgIpc) is 2.64. The van der Waals surface area contributed by atoms with Gasteiger partial charge in [-0.3, -0.25) is 14.9 Å². The molecular weight excluding hydrogens is 360 g/mol. The van der Waals surface area contributed by atoms with Gasteiger partial charge in [0.2, 0.25) is 0 Å². The van der Waals surface area contributed by atoms with E-state index >= 15 is 0 Å². The molecule has 0 atom stereocenters. The maximum absolute atomic E-state index is 12.5. The van der Waals surface area contributed by atoms with E-state index in [4.69, 9.17) is 11.6 Å². The van der Waals surface area contributed by atoms with Crippen molar-refractivity contribution in [2.45, 2.75) is 37.7 Å². The second-order valence-corrected chi connectivity index (χ2v) is 6.88. The first-order chi connectivity index (χ1) is 12.4. The number of nitro benzene ring substituents is 1. The maximum atomic E-state index is 12.5. The summed E-state index contributed by atoms with van der Waals surface area (Å²) in [4.78, 5) is 22.7. The average molecular weight is 379 g/mol. The first kappa shape index (κ1) is 18.3. The van der Waals surface area contributed by atoms with Crippen LogP contribution in [0.25, 0.3) is 5.69 Å². The quantitative estimate of drug-likeness (QED) is 0.611. The SMILES string of the molecule is O=c1c(Cl)c(NCC2(O)CCCCC2)cnn1-c1ccc([N+](=O)[O-])cc1. The van der Waals surface area contributed by atoms with Gasteiger partial charge in [0, 0.05) is 18.7 Å². The summed E-state index contributed by atoms with van der Waals surface area (Å²) in [6, 6.07) is 5.45. The third-order valence-electron chi connectivity index (χ3n) is 4.62. The standard InChI is InChI=1S/C17H19ClN4O4/c18-15-14(19-11-17(24)8-2-1-3-9-17)10-20-21(16(15)23)12-4-6-13(7-5-12)22(25)26/h4-7,10,19,24H,1-3,8-9,11H2. The number of rotatable bonds is 5. The molecule has 1 aliphatic carbocycles. The molecule has 0 radical (unpaired) electrons. The molecule has 1 fully saturated rings. The minimum absolute atomic E-state index is 0.0437. The molecule has 0 aliphatic heterocycles. The van der Waals surface area contributed by atoms with Gasteiger partial charge >= 0.3 is 0 Å². The van der Waals surface area contributed by atoms with Crippen molar-refractivity contribution in [3.05, 3.63) is 56.0 Å². The van der Waals surface area contributed by atoms with Crippen LogP contribution in [0.3, 0.4) is 0 Å². The monoisotopic (exact) mass is 378 g/mol. The van der Waals surface area contributed by atoms with Crippen molar-refractivity contribution < 1.29 is 10.0 Å². The fourth-order valence-electron chi connectivity index (χ4n) is 3.10. The zero-order valence-corrected chi connectivity index (χ0v) is 14.8. The molecule has 3 rings (SSSR count). The summed E-state index contributed by atoms with van der Waals surface area (Å²) >= 11 is 6.17. The molecule has 2 aromatic rings. The molecule has 1 saturated carbocycles. The molecule has 0 amide bonds. The van der Waals surface area contributed by atoms with Crippen molar-refractivity contribution in [1.82, 2.24) is 9.78 Å². The van der Waals surface area contributed by atoms with Crippen LogP contribution in [0, 0.1) is 10.1 Å². The van der Waals surface area contributed by atoms with Crippen LogP contribution in [0.15, 0.2) is 35.3 Å². The van der Waals surface area contributed by atoms with Crippen LogP contribution in [0.2, 0.25) is 5.02 Å². The Bertz CT molecular complexity index is 860. The molecule has 0 saturated heterocycles. The van der Waals surface area contributed by atoms with Gasteiger partial charge in [0.15, 0.2) is 0 Å². The van der Waals surface area contributed by atoms with Crippen molar-refractivity contribution in [2.75, 3.05) is 11.9 Å². The maximum Gasteiger partial charge on any atom is 0.292 e. The summed E-state index contributed by atoms with van der Waals surface area (Å²) in [5.41, 5.74) is -0.684. The number of benzene rings is 1. The molecule has 2 N–H and O–H groups in total. The van der Waals surface area contributed by atoms with Gasteiger partial charge in [-0.1, -0.05) is 30.9 Å². The molecule has 8 nitrogen and oxygen atoms in total. The van der Waals surface area contributed by atoms with E-state index in [0.29, 0.717) is 30.8 Å². The number of nitrogens with zero attached hydrogens (tertiary/aromatic N) is 3. The smallest absolute Gasteiger partial charge is 0.292 e. The number of anilines is 1. The zero-order chi connectivity index (χ0) is 18.7. The third kappa shape index (κ3) is 3.86. The molecule has 26 heavy (non-hydrogen) atoms. The van der Waals surface area contributed by atoms with Crippen LogP contribution in [-0.4, -0.2) is 32.0 Å². The number of non-ortho nitro benzene ring substituents is 1. The van der Waals surface area contributed by atoms with Gasteiger partial charge in [0.25, 0.3) is 11.2 Å². The van der Waals surface area contributed by atoms with Crippen molar-refractivity contribution in [3.8, 4) is 5.69 Å². The van der Waals surface area contributed by atoms with Gasteiger partial charge in [-0.15, -0.1) is 0 Å². The Balaban J connectivity index is 1.80. The number of hydrogen-bond acceptors (Lipinski definition) is 6. The van der Waals surface area contributed by atoms with Crippen LogP contribution in [0.4, 0.5) is 11.4 Å². The number of halogens is 1. The number of aliphatic hydroxyl groups is 1. The molecular formula is C17H19ClN4O4. The lowest BCUT2D eigenvalue weighted by Crippen LogP contribution is -2.39. The highest BCUT2D eigenvalue weighted by Crippen LogP contribution is 2.29. The minimum Gasteiger partial charge on any atom is -0.388 e. The molecule has 138 valence electrons. The predicted molar refractivity (Wildman–Crippen MR) is 98.0 cm³/mol. The van der Waals surface area contributed by atoms with Crippen LogP contribution < -0.4 is 10.9 Å². The van der Waals surface area contributed by atoms with Crippen LogP contribution in [0.5, 0.6) is 0 Å². The topological polar surface area (TPSA) is 110 Å². The lowest BCUT2D eigenvalue weighted by molar-refractivity contribution is -0.384. The van der Waals surface area contributed by atoms with E-state index in [1.54, 1.807) is 0 Å². The largest absolute Gasteiger partial charge is 0.388 e. The molecule has 0 spiro atoms. The number of nitrogens with one attached hydrogen (secondary N) is 1. The van der Waals surface area contributed by atoms with E-state index in [-0.39, 0.29) is 10.7 Å². The Hall–Kier alpha value is -2.45. The van der Waals surface area contributed by atoms with Gasteiger partial charge in [-0.2, -0.15) is 9.78 Å². The molecule has 1 heterocycles. The number of hydrogen-bond donors (Lipinski definition) is 2. The van der Waals surface area contributed by atoms with Crippen molar-refractivity contribution in [3.63, 3.8) is 0 Å². The highest BCUT2D eigenvalue weighted by Gasteiger charge is 2.29. The Morgan fingerprint density at radius 2 is 1.92 bits per heavy atom. The molecule has 1 aromatic carbocycles. The fraction of sp³-hybridized carbons (Fsp3) is 0.412. The second-order valence-electron chi connectivity index (χ2n) is 6.50. The first-order valence-electron chi connectivity index (χ1n) is 8.39. The fourth-order valence-corrected chi connectivity index (χ4v) is 3.30. The molecule has 0 bridgehead atoms. The number of aromatic nitrogens is 2. The number of nitro groups is 1. The van der Waals surface area contributed by atoms with Gasteiger partial charge in [0.1, 0.15) is 5.02 Å². The Kier molecular flexibility index (Phi) is 5.24. The molecule has 1 aliphatic rings. The Morgan fingerprint density at radius 1 is 1.27 bits per heavy atom. The van der Waals surface area contributed by atoms with E-state index in [1.165, 1.54) is 30.5 Å². The Morgan fingerprint density at radius 3 is 2.54 bits per heavy atom.